The van der Waals surface area contributed by atoms with Gasteiger partial charge in [-0.1, -0.05) is 45.9 Å². The molecule has 9 atom stereocenters. The highest BCUT2D eigenvalue weighted by atomic mass is 35.5. The van der Waals surface area contributed by atoms with E-state index in [0.29, 0.717) is 144 Å². The fraction of sp³-hybridized carbons (Fsp3) is 0.697. The number of carbonyl (C=O) groups is 9. The number of nitrogens with two attached hydrogens (primary N) is 3. The standard InChI is InChI=1S/C38H55FN2O7.C36H51FN2O7.C35H49FN2O6.3ClH/c1-24(2)23-46-17-4-18-47-38(44)35-21-29-19-25(5-14-34(29)48-35)20-33(42)36-31(26-10-12-30(45-3)13-11-26)15-16-41(36)37(43)28-8-6-27(7-9-28)32(40)22-39;1-3-44-17-4-18-45-36(42)33-21-27-19-23(5-14-32(27)46-33)20-31(40)34-29(24-10-12-28(43-2)13-11-24)15-16-39(34)35(41)26-8-6-25(7-9-26)30(38)22-37;1-21(2)20-43-35(41)32-18-26-16-22(4-13-31(26)44-32)17-30(39)33-28(23-9-11-27(42-3)12-10-23)14-15-38(33)34(40)25-7-5-24(6-8-25)29(37)19-36;;;/h5,14,19,21,24,26-28,30-32,36H,4,6-13,15-18,20,22-23,40H2,1-3H3;5,14,19,21,24-26,28-30,34H,3-4,6-13,15-18,20,22,38H2,1-2H3;4,13,16,18,21,23-25,27-29,33H,5-12,14-15,17,19-20,37H2,1-3H3;3*1H/t26?,27?,28?,30?,31-,32+,36-;24?,25?,26?,28?,29-,30+,34-;23?,24?,25?,27?,28-,29+,33-;;;/m000.../s1. The molecule has 0 bridgehead atoms. The summed E-state index contributed by atoms with van der Waals surface area (Å²) < 4.78 is 100. The summed E-state index contributed by atoms with van der Waals surface area (Å²) in [4.78, 5) is 128. The molecule has 3 saturated heterocycles. The lowest BCUT2D eigenvalue weighted by atomic mass is 9.74. The number of esters is 3. The summed E-state index contributed by atoms with van der Waals surface area (Å²) >= 11 is 0. The van der Waals surface area contributed by atoms with Crippen LogP contribution in [0.1, 0.15) is 269 Å². The number of methoxy groups -OCH3 is 3. The third-order valence-electron chi connectivity index (χ3n) is 31.9. The minimum absolute atomic E-state index is 0. The molecule has 786 valence electrons. The number of furan rings is 3. The second-order valence-electron chi connectivity index (χ2n) is 41.9. The highest BCUT2D eigenvalue weighted by Crippen LogP contribution is 2.47. The SMILES string of the molecule is CCOCCCOC(=O)c1cc2cc(CC(=O)[C@@H]3[C@H](C4CCC(OC)CC4)CCN3C(=O)C3CCC([C@H](N)CF)CC3)ccc2o1.COC1CCC([C@@H]2CCN(C(=O)C3CCC([C@H](N)CF)CC3)[C@@H]2C(=O)Cc2ccc3oc(C(=O)OCC(C)C)cc3c2)CC1.COC1CCC([C@@H]2CCN(C(=O)C3CCC([C@H](N)CF)CC3)[C@@H]2C(=O)Cc2ccc3oc(C(=O)OCCCOCC(C)C)cc3c2)CC1.Cl.Cl.Cl. The van der Waals surface area contributed by atoms with E-state index < -0.39 is 74.2 Å². The molecule has 6 aromatic rings. The van der Waals surface area contributed by atoms with Crippen LogP contribution in [0.5, 0.6) is 0 Å². The molecule has 3 aromatic carbocycles. The molecule has 26 nitrogen and oxygen atoms in total. The zero-order valence-electron chi connectivity index (χ0n) is 84.1. The van der Waals surface area contributed by atoms with Gasteiger partial charge in [0.15, 0.2) is 17.3 Å². The van der Waals surface area contributed by atoms with Gasteiger partial charge in [0.05, 0.1) is 56.3 Å². The molecule has 3 amide bonds. The Morgan fingerprint density at radius 2 is 0.645 bits per heavy atom. The van der Waals surface area contributed by atoms with Gasteiger partial charge in [-0.05, 0) is 317 Å². The van der Waals surface area contributed by atoms with E-state index in [1.165, 1.54) is 0 Å². The normalized spacial score (nSPS) is 27.0. The number of nitrogens with zero attached hydrogens (tertiary/aromatic N) is 3. The van der Waals surface area contributed by atoms with Crippen molar-refractivity contribution in [3.63, 3.8) is 0 Å². The summed E-state index contributed by atoms with van der Waals surface area (Å²) in [5.41, 5.74) is 22.0. The molecule has 6 aliphatic carbocycles. The molecule has 15 rings (SSSR count). The first-order valence-electron chi connectivity index (χ1n) is 52.0. The molecule has 6 N–H and O–H groups in total. The monoisotopic (exact) mass is 2030 g/mol. The number of hydrogen-bond acceptors (Lipinski definition) is 23. The van der Waals surface area contributed by atoms with E-state index in [1.807, 2.05) is 71.9 Å². The summed E-state index contributed by atoms with van der Waals surface area (Å²) in [6.45, 7) is 13.3. The molecule has 9 fully saturated rings. The molecular weight excluding hydrogens is 1880 g/mol. The number of rotatable bonds is 40. The maximum Gasteiger partial charge on any atom is 0.374 e. The van der Waals surface area contributed by atoms with E-state index in [1.54, 1.807) is 57.7 Å². The van der Waals surface area contributed by atoms with Crippen molar-refractivity contribution in [2.45, 2.75) is 295 Å². The average Bonchev–Trinajstić information content (AvgIpc) is 1.65. The summed E-state index contributed by atoms with van der Waals surface area (Å²) in [5, 5.41) is 2.19. The highest BCUT2D eigenvalue weighted by molar-refractivity contribution is 5.98. The Labute approximate surface area is 849 Å². The second-order valence-corrected chi connectivity index (χ2v) is 41.9. The van der Waals surface area contributed by atoms with Crippen molar-refractivity contribution in [1.29, 1.82) is 0 Å². The molecule has 0 unspecified atom stereocenters. The van der Waals surface area contributed by atoms with E-state index in [0.717, 1.165) is 168 Å². The van der Waals surface area contributed by atoms with Crippen molar-refractivity contribution >= 4 is 123 Å². The number of carbonyl (C=O) groups excluding carboxylic acids is 9. The smallest absolute Gasteiger partial charge is 0.374 e. The van der Waals surface area contributed by atoms with Crippen LogP contribution in [-0.2, 0) is 85.9 Å². The van der Waals surface area contributed by atoms with Crippen molar-refractivity contribution in [3.8, 4) is 0 Å². The largest absolute Gasteiger partial charge is 0.460 e. The van der Waals surface area contributed by atoms with Crippen molar-refractivity contribution in [2.24, 2.45) is 100 Å². The summed E-state index contributed by atoms with van der Waals surface area (Å²) in [6.07, 6.45) is 25.4. The Balaban J connectivity index is 0.000000215. The number of benzene rings is 3. The van der Waals surface area contributed by atoms with E-state index in [2.05, 4.69) is 13.8 Å². The molecule has 141 heavy (non-hydrogen) atoms. The maximum atomic E-state index is 14.3. The third kappa shape index (κ3) is 30.6. The predicted octanol–water partition coefficient (Wildman–Crippen LogP) is 19.1. The number of amides is 3. The van der Waals surface area contributed by atoms with Crippen LogP contribution in [0.15, 0.2) is 86.0 Å². The van der Waals surface area contributed by atoms with Crippen molar-refractivity contribution in [1.82, 2.24) is 14.7 Å². The van der Waals surface area contributed by atoms with Gasteiger partial charge in [-0.2, -0.15) is 0 Å². The lowest BCUT2D eigenvalue weighted by Crippen LogP contribution is -2.48. The van der Waals surface area contributed by atoms with Gasteiger partial charge in [0.2, 0.25) is 35.0 Å². The topological polar surface area (TPSA) is 355 Å². The predicted molar refractivity (Wildman–Crippen MR) is 541 cm³/mol. The molecule has 6 saturated carbocycles. The Kier molecular flexibility index (Phi) is 46.1. The Morgan fingerprint density at radius 1 is 0.362 bits per heavy atom. The summed E-state index contributed by atoms with van der Waals surface area (Å²) in [7, 11) is 5.28. The van der Waals surface area contributed by atoms with E-state index in [-0.39, 0.29) is 200 Å². The van der Waals surface area contributed by atoms with Gasteiger partial charge in [-0.3, -0.25) is 28.8 Å². The van der Waals surface area contributed by atoms with Crippen LogP contribution in [0.3, 0.4) is 0 Å². The molecule has 3 aromatic heterocycles. The maximum absolute atomic E-state index is 14.3. The number of Topliss-reactive ketones (excluding diaryl/α,β-unsaturated/α-hetero) is 3. The van der Waals surface area contributed by atoms with Gasteiger partial charge in [0.1, 0.15) is 36.8 Å². The van der Waals surface area contributed by atoms with Crippen LogP contribution in [-0.4, -0.2) is 229 Å². The first-order chi connectivity index (χ1) is 66.7. The Hall–Kier alpha value is -7.55. The molecule has 9 aliphatic rings. The minimum Gasteiger partial charge on any atom is -0.460 e. The Bertz CT molecular complexity index is 4950. The lowest BCUT2D eigenvalue weighted by Gasteiger charge is -2.37. The number of likely N-dealkylation sites (tertiary alicyclic amines) is 3. The van der Waals surface area contributed by atoms with E-state index in [4.69, 9.17) is 68.3 Å². The van der Waals surface area contributed by atoms with Crippen molar-refractivity contribution in [3.05, 3.63) is 107 Å². The van der Waals surface area contributed by atoms with E-state index >= 15 is 0 Å². The Morgan fingerprint density at radius 3 is 0.915 bits per heavy atom. The number of halogens is 6. The van der Waals surface area contributed by atoms with Crippen LogP contribution in [0.25, 0.3) is 32.9 Å². The summed E-state index contributed by atoms with van der Waals surface area (Å²) in [6, 6.07) is 18.8. The van der Waals surface area contributed by atoms with Gasteiger partial charge in [-0.15, -0.1) is 37.2 Å². The van der Waals surface area contributed by atoms with Crippen LogP contribution in [0.4, 0.5) is 13.2 Å². The first-order valence-corrected chi connectivity index (χ1v) is 52.0. The lowest BCUT2D eigenvalue weighted by molar-refractivity contribution is -0.143. The third-order valence-corrected chi connectivity index (χ3v) is 31.9. The van der Waals surface area contributed by atoms with Gasteiger partial charge >= 0.3 is 17.9 Å². The number of fused-ring (bicyclic) bond motifs is 3. The quantitative estimate of drug-likeness (QED) is 0.0183. The van der Waals surface area contributed by atoms with Gasteiger partial charge in [-0.25, -0.2) is 27.6 Å². The fourth-order valence-corrected chi connectivity index (χ4v) is 24.0. The van der Waals surface area contributed by atoms with Crippen LogP contribution >= 0.6 is 37.2 Å². The zero-order valence-corrected chi connectivity index (χ0v) is 86.6. The first kappa shape index (κ1) is 115. The zero-order chi connectivity index (χ0) is 98.2. The van der Waals surface area contributed by atoms with E-state index in [9.17, 15) is 56.3 Å². The molecule has 3 aliphatic heterocycles. The van der Waals surface area contributed by atoms with Crippen LogP contribution in [0, 0.1) is 82.9 Å². The number of ether oxygens (including phenoxy) is 8. The van der Waals surface area contributed by atoms with Crippen molar-refractivity contribution in [2.75, 3.05) is 107 Å². The second kappa shape index (κ2) is 56.4. The molecule has 0 radical (unpaired) electrons. The summed E-state index contributed by atoms with van der Waals surface area (Å²) in [5.74, 6) is 1.20. The van der Waals surface area contributed by atoms with Crippen LogP contribution in [0.2, 0.25) is 0 Å². The number of ketones is 3. The molecular formula is C109H158Cl3F3N6O20. The minimum atomic E-state index is -0.538. The molecule has 32 heteroatoms. The van der Waals surface area contributed by atoms with Gasteiger partial charge in [0.25, 0.3) is 0 Å². The number of alkyl halides is 3. The number of hydrogen-bond donors (Lipinski definition) is 3. The van der Waals surface area contributed by atoms with Crippen molar-refractivity contribution < 1.29 is 107 Å². The molecule has 0 spiro atoms. The fourth-order valence-electron chi connectivity index (χ4n) is 24.0. The van der Waals surface area contributed by atoms with Gasteiger partial charge in [0, 0.05) is 152 Å². The van der Waals surface area contributed by atoms with Gasteiger partial charge < -0.3 is 83.0 Å². The average molecular weight is 2040 g/mol. The highest BCUT2D eigenvalue weighted by Gasteiger charge is 2.52. The van der Waals surface area contributed by atoms with Crippen LogP contribution < -0.4 is 17.2 Å². The molecule has 6 heterocycles.